The van der Waals surface area contributed by atoms with Crippen molar-refractivity contribution in [3.8, 4) is 5.75 Å². The standard InChI is InChI=1S/C18H27NO3/c1-4-12-22-16-9-7-15(8-10-16)19-17(20)18(21-3)11-5-6-14(2)13-18/h7-10,14H,4-6,11-13H2,1-3H3,(H,19,20)/t14-,18-/m1/s1. The second-order valence-corrected chi connectivity index (χ2v) is 6.23. The lowest BCUT2D eigenvalue weighted by atomic mass is 9.78. The van der Waals surface area contributed by atoms with Crippen molar-refractivity contribution in [1.82, 2.24) is 0 Å². The molecule has 0 heterocycles. The minimum absolute atomic E-state index is 0.0382. The molecule has 0 aliphatic heterocycles. The molecule has 0 saturated heterocycles. The Labute approximate surface area is 133 Å². The normalized spacial score (nSPS) is 24.8. The molecule has 1 aliphatic carbocycles. The summed E-state index contributed by atoms with van der Waals surface area (Å²) in [7, 11) is 1.64. The predicted octanol–water partition coefficient (Wildman–Crippen LogP) is 4.01. The van der Waals surface area contributed by atoms with Crippen LogP contribution in [0.1, 0.15) is 46.0 Å². The lowest BCUT2D eigenvalue weighted by Gasteiger charge is -2.37. The summed E-state index contributed by atoms with van der Waals surface area (Å²) in [5.74, 6) is 1.31. The van der Waals surface area contributed by atoms with Crippen molar-refractivity contribution in [2.75, 3.05) is 19.0 Å². The third-order valence-corrected chi connectivity index (χ3v) is 4.35. The molecule has 1 aromatic rings. The van der Waals surface area contributed by atoms with E-state index in [1.807, 2.05) is 24.3 Å². The van der Waals surface area contributed by atoms with E-state index in [1.54, 1.807) is 7.11 Å². The minimum Gasteiger partial charge on any atom is -0.494 e. The summed E-state index contributed by atoms with van der Waals surface area (Å²) in [6, 6.07) is 7.51. The highest BCUT2D eigenvalue weighted by atomic mass is 16.5. The van der Waals surface area contributed by atoms with Crippen molar-refractivity contribution in [2.45, 2.75) is 51.6 Å². The van der Waals surface area contributed by atoms with Crippen LogP contribution in [0.15, 0.2) is 24.3 Å². The van der Waals surface area contributed by atoms with E-state index in [4.69, 9.17) is 9.47 Å². The quantitative estimate of drug-likeness (QED) is 0.864. The van der Waals surface area contributed by atoms with Crippen molar-refractivity contribution in [3.05, 3.63) is 24.3 Å². The van der Waals surface area contributed by atoms with Crippen LogP contribution in [0.4, 0.5) is 5.69 Å². The highest BCUT2D eigenvalue weighted by Crippen LogP contribution is 2.35. The van der Waals surface area contributed by atoms with E-state index in [0.29, 0.717) is 12.5 Å². The molecule has 1 N–H and O–H groups in total. The molecule has 1 aromatic carbocycles. The minimum atomic E-state index is -0.685. The maximum absolute atomic E-state index is 12.7. The SMILES string of the molecule is CCCOc1ccc(NC(=O)[C@@]2(OC)CCC[C@@H](C)C2)cc1. The van der Waals surface area contributed by atoms with E-state index in [1.165, 1.54) is 6.42 Å². The summed E-state index contributed by atoms with van der Waals surface area (Å²) in [6.07, 6.45) is 4.76. The van der Waals surface area contributed by atoms with Gasteiger partial charge in [0, 0.05) is 12.8 Å². The van der Waals surface area contributed by atoms with Crippen molar-refractivity contribution in [3.63, 3.8) is 0 Å². The number of carbonyl (C=O) groups excluding carboxylic acids is 1. The maximum Gasteiger partial charge on any atom is 0.256 e. The van der Waals surface area contributed by atoms with Gasteiger partial charge in [-0.3, -0.25) is 4.79 Å². The van der Waals surface area contributed by atoms with Crippen molar-refractivity contribution < 1.29 is 14.3 Å². The third kappa shape index (κ3) is 4.01. The Balaban J connectivity index is 2.00. The fraction of sp³-hybridized carbons (Fsp3) is 0.611. The Morgan fingerprint density at radius 2 is 2.09 bits per heavy atom. The molecule has 4 nitrogen and oxygen atoms in total. The van der Waals surface area contributed by atoms with Gasteiger partial charge in [0.25, 0.3) is 5.91 Å². The number of amides is 1. The number of nitrogens with one attached hydrogen (secondary N) is 1. The van der Waals surface area contributed by atoms with E-state index in [0.717, 1.165) is 37.1 Å². The molecule has 2 rings (SSSR count). The molecule has 122 valence electrons. The summed E-state index contributed by atoms with van der Waals surface area (Å²) in [4.78, 5) is 12.7. The Morgan fingerprint density at radius 1 is 1.36 bits per heavy atom. The Hall–Kier alpha value is -1.55. The zero-order valence-corrected chi connectivity index (χ0v) is 13.9. The van der Waals surface area contributed by atoms with Crippen LogP contribution in [-0.2, 0) is 9.53 Å². The number of hydrogen-bond acceptors (Lipinski definition) is 3. The van der Waals surface area contributed by atoms with Gasteiger partial charge in [-0.25, -0.2) is 0 Å². The smallest absolute Gasteiger partial charge is 0.256 e. The number of hydrogen-bond donors (Lipinski definition) is 1. The van der Waals surface area contributed by atoms with Gasteiger partial charge < -0.3 is 14.8 Å². The first-order valence-electron chi connectivity index (χ1n) is 8.19. The predicted molar refractivity (Wildman–Crippen MR) is 88.2 cm³/mol. The van der Waals surface area contributed by atoms with Gasteiger partial charge in [0.1, 0.15) is 11.4 Å². The molecule has 1 aliphatic rings. The van der Waals surface area contributed by atoms with Crippen LogP contribution >= 0.6 is 0 Å². The first kappa shape index (κ1) is 16.8. The van der Waals surface area contributed by atoms with Gasteiger partial charge in [-0.1, -0.05) is 20.3 Å². The molecule has 22 heavy (non-hydrogen) atoms. The molecule has 2 atom stereocenters. The molecule has 1 amide bonds. The van der Waals surface area contributed by atoms with Crippen molar-refractivity contribution in [1.29, 1.82) is 0 Å². The lowest BCUT2D eigenvalue weighted by molar-refractivity contribution is -0.143. The van der Waals surface area contributed by atoms with Gasteiger partial charge in [0.15, 0.2) is 0 Å². The highest BCUT2D eigenvalue weighted by Gasteiger charge is 2.41. The van der Waals surface area contributed by atoms with Gasteiger partial charge in [0.2, 0.25) is 0 Å². The maximum atomic E-state index is 12.7. The number of carbonyl (C=O) groups is 1. The summed E-state index contributed by atoms with van der Waals surface area (Å²) >= 11 is 0. The number of anilines is 1. The first-order valence-corrected chi connectivity index (χ1v) is 8.19. The van der Waals surface area contributed by atoms with Gasteiger partial charge in [-0.15, -0.1) is 0 Å². The molecule has 0 spiro atoms. The zero-order valence-electron chi connectivity index (χ0n) is 13.9. The number of rotatable bonds is 6. The second-order valence-electron chi connectivity index (χ2n) is 6.23. The Kier molecular flexibility index (Phi) is 5.83. The third-order valence-electron chi connectivity index (χ3n) is 4.35. The molecule has 0 unspecified atom stereocenters. The van der Waals surface area contributed by atoms with Crippen LogP contribution in [0, 0.1) is 5.92 Å². The molecule has 1 fully saturated rings. The van der Waals surface area contributed by atoms with Crippen LogP contribution in [-0.4, -0.2) is 25.2 Å². The average Bonchev–Trinajstić information content (AvgIpc) is 2.54. The van der Waals surface area contributed by atoms with Crippen molar-refractivity contribution in [2.24, 2.45) is 5.92 Å². The van der Waals surface area contributed by atoms with Crippen LogP contribution in [0.25, 0.3) is 0 Å². The highest BCUT2D eigenvalue weighted by molar-refractivity contribution is 5.97. The van der Waals surface area contributed by atoms with E-state index < -0.39 is 5.60 Å². The van der Waals surface area contributed by atoms with Crippen molar-refractivity contribution >= 4 is 11.6 Å². The second kappa shape index (κ2) is 7.63. The summed E-state index contributed by atoms with van der Waals surface area (Å²) in [5, 5.41) is 2.99. The molecular formula is C18H27NO3. The Morgan fingerprint density at radius 3 is 2.68 bits per heavy atom. The summed E-state index contributed by atoms with van der Waals surface area (Å²) < 4.78 is 11.2. The lowest BCUT2D eigenvalue weighted by Crippen LogP contribution is -2.47. The molecule has 0 aromatic heterocycles. The van der Waals surface area contributed by atoms with Crippen LogP contribution in [0.2, 0.25) is 0 Å². The van der Waals surface area contributed by atoms with E-state index in [9.17, 15) is 4.79 Å². The number of ether oxygens (including phenoxy) is 2. The monoisotopic (exact) mass is 305 g/mol. The van der Waals surface area contributed by atoms with Crippen LogP contribution in [0.3, 0.4) is 0 Å². The van der Waals surface area contributed by atoms with Gasteiger partial charge in [-0.2, -0.15) is 0 Å². The van der Waals surface area contributed by atoms with Gasteiger partial charge in [0.05, 0.1) is 6.61 Å². The van der Waals surface area contributed by atoms with Crippen LogP contribution in [0.5, 0.6) is 5.75 Å². The molecule has 4 heteroatoms. The topological polar surface area (TPSA) is 47.6 Å². The van der Waals surface area contributed by atoms with Gasteiger partial charge >= 0.3 is 0 Å². The molecule has 1 saturated carbocycles. The number of benzene rings is 1. The molecular weight excluding hydrogens is 278 g/mol. The van der Waals surface area contributed by atoms with E-state index >= 15 is 0 Å². The average molecular weight is 305 g/mol. The summed E-state index contributed by atoms with van der Waals surface area (Å²) in [5.41, 5.74) is 0.0956. The fourth-order valence-electron chi connectivity index (χ4n) is 3.09. The fourth-order valence-corrected chi connectivity index (χ4v) is 3.09. The van der Waals surface area contributed by atoms with Crippen LogP contribution < -0.4 is 10.1 Å². The zero-order chi connectivity index (χ0) is 16.0. The molecule has 0 radical (unpaired) electrons. The molecule has 0 bridgehead atoms. The summed E-state index contributed by atoms with van der Waals surface area (Å²) in [6.45, 7) is 4.96. The first-order chi connectivity index (χ1) is 10.6. The number of methoxy groups -OCH3 is 1. The van der Waals surface area contributed by atoms with E-state index in [-0.39, 0.29) is 5.91 Å². The van der Waals surface area contributed by atoms with Gasteiger partial charge in [-0.05, 0) is 55.9 Å². The Bertz CT molecular complexity index is 486. The van der Waals surface area contributed by atoms with E-state index in [2.05, 4.69) is 19.2 Å². The largest absolute Gasteiger partial charge is 0.494 e.